The summed E-state index contributed by atoms with van der Waals surface area (Å²) in [6.45, 7) is 4.41. The predicted molar refractivity (Wildman–Crippen MR) is 63.7 cm³/mol. The Hall–Kier alpha value is -1.50. The SMILES string of the molecule is COc1ccc(C(C)C)cc2cccc1-2. The molecule has 0 saturated heterocycles. The van der Waals surface area contributed by atoms with Gasteiger partial charge in [-0.3, -0.25) is 0 Å². The minimum absolute atomic E-state index is 0.542. The van der Waals surface area contributed by atoms with Crippen LogP contribution < -0.4 is 4.74 Å². The summed E-state index contributed by atoms with van der Waals surface area (Å²) in [5.74, 6) is 1.49. The highest BCUT2D eigenvalue weighted by molar-refractivity contribution is 5.73. The maximum atomic E-state index is 5.38. The van der Waals surface area contributed by atoms with Gasteiger partial charge in [-0.2, -0.15) is 0 Å². The van der Waals surface area contributed by atoms with E-state index in [1.54, 1.807) is 7.11 Å². The third-order valence-electron chi connectivity index (χ3n) is 2.75. The van der Waals surface area contributed by atoms with Gasteiger partial charge in [-0.25, -0.2) is 0 Å². The number of ether oxygens (including phenoxy) is 1. The number of hydrogen-bond donors (Lipinski definition) is 0. The minimum atomic E-state index is 0.542. The summed E-state index contributed by atoms with van der Waals surface area (Å²) in [4.78, 5) is 0. The van der Waals surface area contributed by atoms with Gasteiger partial charge in [0, 0.05) is 5.56 Å². The fourth-order valence-corrected chi connectivity index (χ4v) is 1.81. The molecule has 78 valence electrons. The van der Waals surface area contributed by atoms with Crippen LogP contribution in [0.5, 0.6) is 5.75 Å². The van der Waals surface area contributed by atoms with Crippen LogP contribution in [0.1, 0.15) is 25.3 Å². The quantitative estimate of drug-likeness (QED) is 0.713. The third kappa shape index (κ3) is 1.82. The van der Waals surface area contributed by atoms with Crippen LogP contribution in [-0.2, 0) is 0 Å². The van der Waals surface area contributed by atoms with E-state index in [9.17, 15) is 0 Å². The first-order chi connectivity index (χ1) is 7.22. The molecular formula is C14H16O. The van der Waals surface area contributed by atoms with E-state index in [-0.39, 0.29) is 0 Å². The molecule has 1 heteroatoms. The summed E-state index contributed by atoms with van der Waals surface area (Å²) in [5, 5.41) is 0. The highest BCUT2D eigenvalue weighted by atomic mass is 16.5. The molecule has 0 bridgehead atoms. The fraction of sp³-hybridized carbons (Fsp3) is 0.286. The Kier molecular flexibility index (Phi) is 2.63. The number of hydrogen-bond acceptors (Lipinski definition) is 1. The number of rotatable bonds is 2. The van der Waals surface area contributed by atoms with E-state index in [1.165, 1.54) is 16.7 Å². The maximum absolute atomic E-state index is 5.38. The molecule has 0 aromatic heterocycles. The van der Waals surface area contributed by atoms with Gasteiger partial charge < -0.3 is 4.74 Å². The van der Waals surface area contributed by atoms with Crippen molar-refractivity contribution in [1.82, 2.24) is 0 Å². The monoisotopic (exact) mass is 200 g/mol. The van der Waals surface area contributed by atoms with E-state index < -0.39 is 0 Å². The Morgan fingerprint density at radius 3 is 2.53 bits per heavy atom. The second kappa shape index (κ2) is 3.93. The molecule has 2 rings (SSSR count). The van der Waals surface area contributed by atoms with E-state index in [0.717, 1.165) is 5.75 Å². The topological polar surface area (TPSA) is 9.23 Å². The summed E-state index contributed by atoms with van der Waals surface area (Å²) in [6.07, 6.45) is 0. The van der Waals surface area contributed by atoms with Crippen molar-refractivity contribution >= 4 is 0 Å². The molecule has 0 N–H and O–H groups in total. The second-order valence-corrected chi connectivity index (χ2v) is 4.10. The van der Waals surface area contributed by atoms with Gasteiger partial charge in [-0.1, -0.05) is 44.2 Å². The summed E-state index contributed by atoms with van der Waals surface area (Å²) in [5.41, 5.74) is 3.78. The molecule has 0 aromatic carbocycles. The lowest BCUT2D eigenvalue weighted by molar-refractivity contribution is 0.417. The Morgan fingerprint density at radius 2 is 1.87 bits per heavy atom. The molecule has 2 aliphatic rings. The van der Waals surface area contributed by atoms with Crippen molar-refractivity contribution in [2.75, 3.05) is 7.11 Å². The molecule has 15 heavy (non-hydrogen) atoms. The van der Waals surface area contributed by atoms with Gasteiger partial charge >= 0.3 is 0 Å². The van der Waals surface area contributed by atoms with Gasteiger partial charge in [-0.05, 0) is 23.1 Å². The lowest BCUT2D eigenvalue weighted by atomic mass is 10.0. The number of methoxy groups -OCH3 is 1. The molecule has 0 spiro atoms. The fourth-order valence-electron chi connectivity index (χ4n) is 1.81. The van der Waals surface area contributed by atoms with Crippen molar-refractivity contribution in [1.29, 1.82) is 0 Å². The minimum Gasteiger partial charge on any atom is -0.496 e. The van der Waals surface area contributed by atoms with Crippen LogP contribution in [0.2, 0.25) is 0 Å². The Labute approximate surface area is 91.0 Å². The number of fused-ring (bicyclic) bond motifs is 1. The molecular weight excluding hydrogens is 184 g/mol. The zero-order valence-corrected chi connectivity index (χ0v) is 9.45. The zero-order valence-electron chi connectivity index (χ0n) is 9.45. The normalized spacial score (nSPS) is 10.9. The molecule has 0 unspecified atom stereocenters. The highest BCUT2D eigenvalue weighted by Crippen LogP contribution is 2.33. The largest absolute Gasteiger partial charge is 0.496 e. The van der Waals surface area contributed by atoms with Crippen LogP contribution in [0.3, 0.4) is 0 Å². The summed E-state index contributed by atoms with van der Waals surface area (Å²) in [7, 11) is 1.72. The van der Waals surface area contributed by atoms with E-state index in [1.807, 2.05) is 0 Å². The zero-order chi connectivity index (χ0) is 10.8. The van der Waals surface area contributed by atoms with E-state index >= 15 is 0 Å². The van der Waals surface area contributed by atoms with Crippen molar-refractivity contribution in [2.45, 2.75) is 19.8 Å². The average molecular weight is 200 g/mol. The molecule has 0 aliphatic heterocycles. The molecule has 0 saturated carbocycles. The summed E-state index contributed by atoms with van der Waals surface area (Å²) < 4.78 is 5.38. The standard InChI is InChI=1S/C14H16O/c1-10(2)11-7-8-14(15-3)13-6-4-5-12(13)9-11/h4-10H,1-3H3. The van der Waals surface area contributed by atoms with Crippen LogP contribution in [-0.4, -0.2) is 7.11 Å². The molecule has 0 radical (unpaired) electrons. The van der Waals surface area contributed by atoms with Crippen LogP contribution >= 0.6 is 0 Å². The summed E-state index contributed by atoms with van der Waals surface area (Å²) in [6, 6.07) is 12.7. The van der Waals surface area contributed by atoms with Gasteiger partial charge in [0.2, 0.25) is 0 Å². The van der Waals surface area contributed by atoms with E-state index in [0.29, 0.717) is 5.92 Å². The molecule has 0 atom stereocenters. The second-order valence-electron chi connectivity index (χ2n) is 4.10. The van der Waals surface area contributed by atoms with Crippen LogP contribution in [0.25, 0.3) is 11.1 Å². The lowest BCUT2D eigenvalue weighted by Gasteiger charge is -2.02. The first-order valence-corrected chi connectivity index (χ1v) is 5.29. The maximum Gasteiger partial charge on any atom is 0.126 e. The van der Waals surface area contributed by atoms with E-state index in [2.05, 4.69) is 50.2 Å². The Balaban J connectivity index is 2.63. The van der Waals surface area contributed by atoms with Crippen molar-refractivity contribution in [3.63, 3.8) is 0 Å². The molecule has 0 fully saturated rings. The Morgan fingerprint density at radius 1 is 1.07 bits per heavy atom. The van der Waals surface area contributed by atoms with Gasteiger partial charge in [0.05, 0.1) is 7.11 Å². The molecule has 2 aliphatic carbocycles. The van der Waals surface area contributed by atoms with Crippen LogP contribution in [0, 0.1) is 0 Å². The van der Waals surface area contributed by atoms with E-state index in [4.69, 9.17) is 4.74 Å². The predicted octanol–water partition coefficient (Wildman–Crippen LogP) is 3.92. The van der Waals surface area contributed by atoms with Crippen molar-refractivity contribution in [3.8, 4) is 16.9 Å². The Bertz CT molecular complexity index is 432. The highest BCUT2D eigenvalue weighted by Gasteiger charge is 2.08. The molecule has 0 amide bonds. The first kappa shape index (κ1) is 10.0. The molecule has 1 nitrogen and oxygen atoms in total. The third-order valence-corrected chi connectivity index (χ3v) is 2.75. The van der Waals surface area contributed by atoms with Crippen molar-refractivity contribution in [2.24, 2.45) is 0 Å². The van der Waals surface area contributed by atoms with Crippen molar-refractivity contribution < 1.29 is 4.74 Å². The smallest absolute Gasteiger partial charge is 0.126 e. The lowest BCUT2D eigenvalue weighted by Crippen LogP contribution is -1.82. The molecule has 0 aromatic rings. The first-order valence-electron chi connectivity index (χ1n) is 5.29. The van der Waals surface area contributed by atoms with Crippen molar-refractivity contribution in [3.05, 3.63) is 42.0 Å². The van der Waals surface area contributed by atoms with Gasteiger partial charge in [-0.15, -0.1) is 0 Å². The molecule has 0 heterocycles. The van der Waals surface area contributed by atoms with Gasteiger partial charge in [0.25, 0.3) is 0 Å². The van der Waals surface area contributed by atoms with Crippen LogP contribution in [0.4, 0.5) is 0 Å². The summed E-state index contributed by atoms with van der Waals surface area (Å²) >= 11 is 0. The van der Waals surface area contributed by atoms with Gasteiger partial charge in [0.15, 0.2) is 0 Å². The van der Waals surface area contributed by atoms with Crippen LogP contribution in [0.15, 0.2) is 36.4 Å². The average Bonchev–Trinajstić information content (AvgIpc) is 2.58. The van der Waals surface area contributed by atoms with Gasteiger partial charge in [0.1, 0.15) is 5.75 Å².